The first-order valence-corrected chi connectivity index (χ1v) is 8.53. The molecule has 0 radical (unpaired) electrons. The van der Waals surface area contributed by atoms with Crippen LogP contribution in [0.3, 0.4) is 0 Å². The molecule has 0 amide bonds. The lowest BCUT2D eigenvalue weighted by Crippen LogP contribution is -2.33. The summed E-state index contributed by atoms with van der Waals surface area (Å²) >= 11 is 0. The van der Waals surface area contributed by atoms with Gasteiger partial charge in [-0.25, -0.2) is 8.42 Å². The van der Waals surface area contributed by atoms with E-state index in [2.05, 4.69) is 10.4 Å². The zero-order valence-corrected chi connectivity index (χ0v) is 13.4. The smallest absolute Gasteiger partial charge is 0.179 e. The molecular formula is C15H21N3O2S. The number of benzene rings is 1. The Kier molecular flexibility index (Phi) is 4.80. The molecule has 0 fully saturated rings. The number of rotatable bonds is 6. The number of hydrogen-bond donors (Lipinski definition) is 1. The monoisotopic (exact) mass is 307 g/mol. The van der Waals surface area contributed by atoms with E-state index in [1.165, 1.54) is 0 Å². The van der Waals surface area contributed by atoms with Gasteiger partial charge in [-0.05, 0) is 32.0 Å². The molecule has 2 rings (SSSR count). The molecule has 0 aliphatic carbocycles. The minimum absolute atomic E-state index is 0.0773. The molecule has 0 aliphatic heterocycles. The number of hydrogen-bond acceptors (Lipinski definition) is 4. The van der Waals surface area contributed by atoms with Gasteiger partial charge in [0.05, 0.1) is 16.3 Å². The predicted molar refractivity (Wildman–Crippen MR) is 82.7 cm³/mol. The SMILES string of the molecule is Cc1ccc(S(=O)(=O)C[C@H](C)NCc2ccnn2C)cc1. The van der Waals surface area contributed by atoms with Crippen molar-refractivity contribution in [2.24, 2.45) is 7.05 Å². The molecule has 1 heterocycles. The van der Waals surface area contributed by atoms with E-state index in [4.69, 9.17) is 0 Å². The highest BCUT2D eigenvalue weighted by atomic mass is 32.2. The topological polar surface area (TPSA) is 64.0 Å². The number of aryl methyl sites for hydroxylation is 2. The molecule has 21 heavy (non-hydrogen) atoms. The molecule has 0 spiro atoms. The van der Waals surface area contributed by atoms with Gasteiger partial charge in [-0.15, -0.1) is 0 Å². The quantitative estimate of drug-likeness (QED) is 0.882. The van der Waals surface area contributed by atoms with Crippen molar-refractivity contribution in [2.45, 2.75) is 31.3 Å². The fourth-order valence-electron chi connectivity index (χ4n) is 2.08. The Bertz CT molecular complexity index is 690. The van der Waals surface area contributed by atoms with Gasteiger partial charge in [0.25, 0.3) is 0 Å². The molecule has 0 saturated carbocycles. The Labute approximate surface area is 125 Å². The number of aromatic nitrogens is 2. The molecule has 0 unspecified atom stereocenters. The Balaban J connectivity index is 1.96. The maximum atomic E-state index is 12.3. The minimum atomic E-state index is -3.26. The van der Waals surface area contributed by atoms with Crippen LogP contribution in [0.1, 0.15) is 18.2 Å². The van der Waals surface area contributed by atoms with Crippen molar-refractivity contribution in [1.82, 2.24) is 15.1 Å². The molecule has 1 aromatic heterocycles. The lowest BCUT2D eigenvalue weighted by atomic mass is 10.2. The minimum Gasteiger partial charge on any atom is -0.308 e. The average molecular weight is 307 g/mol. The highest BCUT2D eigenvalue weighted by Crippen LogP contribution is 2.13. The van der Waals surface area contributed by atoms with Crippen LogP contribution in [-0.2, 0) is 23.4 Å². The second kappa shape index (κ2) is 6.41. The van der Waals surface area contributed by atoms with E-state index in [0.29, 0.717) is 11.4 Å². The highest BCUT2D eigenvalue weighted by Gasteiger charge is 2.18. The summed E-state index contributed by atoms with van der Waals surface area (Å²) in [7, 11) is -1.40. The first-order valence-electron chi connectivity index (χ1n) is 6.88. The summed E-state index contributed by atoms with van der Waals surface area (Å²) in [4.78, 5) is 0.377. The third-order valence-corrected chi connectivity index (χ3v) is 5.33. The summed E-state index contributed by atoms with van der Waals surface area (Å²) in [5, 5.41) is 7.31. The molecule has 114 valence electrons. The summed E-state index contributed by atoms with van der Waals surface area (Å²) in [5.41, 5.74) is 2.07. The van der Waals surface area contributed by atoms with Crippen LogP contribution >= 0.6 is 0 Å². The van der Waals surface area contributed by atoms with Gasteiger partial charge in [-0.1, -0.05) is 17.7 Å². The Morgan fingerprint density at radius 2 is 1.90 bits per heavy atom. The van der Waals surface area contributed by atoms with E-state index in [1.54, 1.807) is 23.0 Å². The zero-order chi connectivity index (χ0) is 15.5. The number of nitrogens with one attached hydrogen (secondary N) is 1. The van der Waals surface area contributed by atoms with Crippen molar-refractivity contribution in [3.05, 3.63) is 47.8 Å². The molecule has 2 aromatic rings. The second-order valence-corrected chi connectivity index (χ2v) is 7.36. The van der Waals surface area contributed by atoms with Gasteiger partial charge in [0.15, 0.2) is 9.84 Å². The Hall–Kier alpha value is -1.66. The van der Waals surface area contributed by atoms with Crippen LogP contribution in [0.5, 0.6) is 0 Å². The van der Waals surface area contributed by atoms with Crippen molar-refractivity contribution in [2.75, 3.05) is 5.75 Å². The van der Waals surface area contributed by atoms with Crippen LogP contribution in [0, 0.1) is 6.92 Å². The zero-order valence-electron chi connectivity index (χ0n) is 12.6. The molecule has 1 N–H and O–H groups in total. The molecular weight excluding hydrogens is 286 g/mol. The van der Waals surface area contributed by atoms with Crippen LogP contribution in [0.2, 0.25) is 0 Å². The first-order chi connectivity index (χ1) is 9.88. The average Bonchev–Trinajstić information content (AvgIpc) is 2.82. The predicted octanol–water partition coefficient (Wildman–Crippen LogP) is 1.68. The van der Waals surface area contributed by atoms with E-state index < -0.39 is 9.84 Å². The van der Waals surface area contributed by atoms with Crippen LogP contribution in [0.25, 0.3) is 0 Å². The first kappa shape index (κ1) is 15.7. The fraction of sp³-hybridized carbons (Fsp3) is 0.400. The maximum absolute atomic E-state index is 12.3. The molecule has 0 bridgehead atoms. The maximum Gasteiger partial charge on any atom is 0.179 e. The van der Waals surface area contributed by atoms with E-state index in [1.807, 2.05) is 39.1 Å². The Morgan fingerprint density at radius 3 is 2.48 bits per heavy atom. The van der Waals surface area contributed by atoms with Gasteiger partial charge in [0.1, 0.15) is 0 Å². The summed E-state index contributed by atoms with van der Waals surface area (Å²) in [6.45, 7) is 4.41. The van der Waals surface area contributed by atoms with Gasteiger partial charge < -0.3 is 5.32 Å². The van der Waals surface area contributed by atoms with Crippen LogP contribution in [0.15, 0.2) is 41.4 Å². The van der Waals surface area contributed by atoms with E-state index in [0.717, 1.165) is 11.3 Å². The number of nitrogens with zero attached hydrogens (tertiary/aromatic N) is 2. The van der Waals surface area contributed by atoms with Crippen molar-refractivity contribution in [3.8, 4) is 0 Å². The molecule has 5 nitrogen and oxygen atoms in total. The molecule has 0 aliphatic rings. The lowest BCUT2D eigenvalue weighted by molar-refractivity contribution is 0.542. The molecule has 6 heteroatoms. The standard InChI is InChI=1S/C15H21N3O2S/c1-12-4-6-15(7-5-12)21(19,20)11-13(2)16-10-14-8-9-17-18(14)3/h4-9,13,16H,10-11H2,1-3H3/t13-/m0/s1. The number of sulfone groups is 1. The summed E-state index contributed by atoms with van der Waals surface area (Å²) < 4.78 is 26.4. The largest absolute Gasteiger partial charge is 0.308 e. The van der Waals surface area contributed by atoms with E-state index in [9.17, 15) is 8.42 Å². The van der Waals surface area contributed by atoms with Crippen molar-refractivity contribution >= 4 is 9.84 Å². The summed E-state index contributed by atoms with van der Waals surface area (Å²) in [6, 6.07) is 8.75. The normalized spacial score (nSPS) is 13.3. The van der Waals surface area contributed by atoms with Crippen LogP contribution in [-0.4, -0.2) is 30.0 Å². The van der Waals surface area contributed by atoms with Gasteiger partial charge in [-0.3, -0.25) is 4.68 Å². The summed E-state index contributed by atoms with van der Waals surface area (Å²) in [5.74, 6) is 0.0773. The van der Waals surface area contributed by atoms with Gasteiger partial charge in [0.2, 0.25) is 0 Å². The van der Waals surface area contributed by atoms with Crippen LogP contribution < -0.4 is 5.32 Å². The van der Waals surface area contributed by atoms with Crippen molar-refractivity contribution in [1.29, 1.82) is 0 Å². The molecule has 0 saturated heterocycles. The fourth-order valence-corrected chi connectivity index (χ4v) is 3.60. The van der Waals surface area contributed by atoms with E-state index >= 15 is 0 Å². The van der Waals surface area contributed by atoms with Crippen molar-refractivity contribution in [3.63, 3.8) is 0 Å². The summed E-state index contributed by atoms with van der Waals surface area (Å²) in [6.07, 6.45) is 1.73. The molecule has 1 aromatic carbocycles. The third kappa shape index (κ3) is 4.15. The van der Waals surface area contributed by atoms with Crippen molar-refractivity contribution < 1.29 is 8.42 Å². The second-order valence-electron chi connectivity index (χ2n) is 5.32. The highest BCUT2D eigenvalue weighted by molar-refractivity contribution is 7.91. The van der Waals surface area contributed by atoms with Gasteiger partial charge >= 0.3 is 0 Å². The van der Waals surface area contributed by atoms with Gasteiger partial charge in [-0.2, -0.15) is 5.10 Å². The van der Waals surface area contributed by atoms with E-state index in [-0.39, 0.29) is 11.8 Å². The third-order valence-electron chi connectivity index (χ3n) is 3.40. The Morgan fingerprint density at radius 1 is 1.24 bits per heavy atom. The molecule has 1 atom stereocenters. The lowest BCUT2D eigenvalue weighted by Gasteiger charge is -2.14. The van der Waals surface area contributed by atoms with Crippen LogP contribution in [0.4, 0.5) is 0 Å². The van der Waals surface area contributed by atoms with Gasteiger partial charge in [0, 0.05) is 25.8 Å².